The van der Waals surface area contributed by atoms with Crippen LogP contribution in [-0.4, -0.2) is 4.98 Å². The van der Waals surface area contributed by atoms with Crippen LogP contribution < -0.4 is 0 Å². The SMILES string of the molecule is Ic1ccc(-c2cc(-c3ccccc3)c3ccccc3n2)cc1. The lowest BCUT2D eigenvalue weighted by Crippen LogP contribution is -1.89. The lowest BCUT2D eigenvalue weighted by atomic mass is 9.98. The lowest BCUT2D eigenvalue weighted by Gasteiger charge is -2.10. The topological polar surface area (TPSA) is 12.9 Å². The highest BCUT2D eigenvalue weighted by Gasteiger charge is 2.09. The first-order chi connectivity index (χ1) is 11.3. The van der Waals surface area contributed by atoms with Gasteiger partial charge in [0, 0.05) is 14.5 Å². The minimum atomic E-state index is 1.01. The Balaban J connectivity index is 1.99. The molecule has 0 bridgehead atoms. The molecule has 0 fully saturated rings. The van der Waals surface area contributed by atoms with Gasteiger partial charge in [0.05, 0.1) is 11.2 Å². The molecule has 0 radical (unpaired) electrons. The third-order valence-corrected chi connectivity index (χ3v) is 4.66. The van der Waals surface area contributed by atoms with Gasteiger partial charge in [0.15, 0.2) is 0 Å². The summed E-state index contributed by atoms with van der Waals surface area (Å²) < 4.78 is 1.23. The van der Waals surface area contributed by atoms with Crippen molar-refractivity contribution in [3.05, 3.63) is 88.5 Å². The number of benzene rings is 3. The number of para-hydroxylation sites is 1. The van der Waals surface area contributed by atoms with Crippen molar-refractivity contribution in [2.45, 2.75) is 0 Å². The predicted octanol–water partition coefficient (Wildman–Crippen LogP) is 6.17. The lowest BCUT2D eigenvalue weighted by molar-refractivity contribution is 1.39. The fourth-order valence-electron chi connectivity index (χ4n) is 2.80. The van der Waals surface area contributed by atoms with Gasteiger partial charge in [-0.05, 0) is 58.0 Å². The van der Waals surface area contributed by atoms with Gasteiger partial charge in [-0.25, -0.2) is 4.98 Å². The Kier molecular flexibility index (Phi) is 3.83. The summed E-state index contributed by atoms with van der Waals surface area (Å²) in [5.41, 5.74) is 5.64. The Morgan fingerprint density at radius 1 is 0.652 bits per heavy atom. The molecule has 1 nitrogen and oxygen atoms in total. The molecule has 0 atom stereocenters. The number of pyridine rings is 1. The summed E-state index contributed by atoms with van der Waals surface area (Å²) in [7, 11) is 0. The Morgan fingerprint density at radius 3 is 2.13 bits per heavy atom. The molecule has 1 heterocycles. The smallest absolute Gasteiger partial charge is 0.0715 e. The molecule has 23 heavy (non-hydrogen) atoms. The summed E-state index contributed by atoms with van der Waals surface area (Å²) in [5, 5.41) is 1.19. The van der Waals surface area contributed by atoms with Gasteiger partial charge >= 0.3 is 0 Å². The van der Waals surface area contributed by atoms with Crippen molar-refractivity contribution in [1.82, 2.24) is 4.98 Å². The first-order valence-corrected chi connectivity index (χ1v) is 8.60. The molecule has 4 aromatic rings. The van der Waals surface area contributed by atoms with Crippen LogP contribution in [0.5, 0.6) is 0 Å². The zero-order valence-corrected chi connectivity index (χ0v) is 14.6. The van der Waals surface area contributed by atoms with Gasteiger partial charge in [-0.1, -0.05) is 60.7 Å². The number of rotatable bonds is 2. The highest BCUT2D eigenvalue weighted by Crippen LogP contribution is 2.32. The molecule has 0 spiro atoms. The van der Waals surface area contributed by atoms with E-state index in [-0.39, 0.29) is 0 Å². The van der Waals surface area contributed by atoms with Gasteiger partial charge in [0.1, 0.15) is 0 Å². The van der Waals surface area contributed by atoms with E-state index >= 15 is 0 Å². The van der Waals surface area contributed by atoms with E-state index in [1.54, 1.807) is 0 Å². The van der Waals surface area contributed by atoms with Crippen molar-refractivity contribution >= 4 is 33.5 Å². The van der Waals surface area contributed by atoms with Crippen LogP contribution in [0.1, 0.15) is 0 Å². The van der Waals surface area contributed by atoms with Crippen molar-refractivity contribution in [3.8, 4) is 22.4 Å². The van der Waals surface area contributed by atoms with Crippen LogP contribution in [0, 0.1) is 3.57 Å². The van der Waals surface area contributed by atoms with Crippen LogP contribution in [0.25, 0.3) is 33.3 Å². The van der Waals surface area contributed by atoms with Crippen molar-refractivity contribution in [3.63, 3.8) is 0 Å². The highest BCUT2D eigenvalue weighted by atomic mass is 127. The Hall–Kier alpha value is -2.20. The highest BCUT2D eigenvalue weighted by molar-refractivity contribution is 14.1. The van der Waals surface area contributed by atoms with E-state index in [1.165, 1.54) is 20.1 Å². The van der Waals surface area contributed by atoms with E-state index in [9.17, 15) is 0 Å². The second kappa shape index (κ2) is 6.13. The molecule has 3 aromatic carbocycles. The molecular formula is C21H14IN. The maximum Gasteiger partial charge on any atom is 0.0715 e. The number of nitrogens with zero attached hydrogens (tertiary/aromatic N) is 1. The van der Waals surface area contributed by atoms with Crippen molar-refractivity contribution in [2.75, 3.05) is 0 Å². The molecule has 0 saturated heterocycles. The van der Waals surface area contributed by atoms with Crippen LogP contribution in [0.4, 0.5) is 0 Å². The monoisotopic (exact) mass is 407 g/mol. The average Bonchev–Trinajstić information content (AvgIpc) is 2.62. The summed E-state index contributed by atoms with van der Waals surface area (Å²) >= 11 is 2.33. The number of aromatic nitrogens is 1. The van der Waals surface area contributed by atoms with Gasteiger partial charge < -0.3 is 0 Å². The van der Waals surface area contributed by atoms with Gasteiger partial charge in [-0.3, -0.25) is 0 Å². The summed E-state index contributed by atoms with van der Waals surface area (Å²) in [5.74, 6) is 0. The minimum absolute atomic E-state index is 1.01. The van der Waals surface area contributed by atoms with Crippen molar-refractivity contribution < 1.29 is 0 Å². The molecule has 0 N–H and O–H groups in total. The molecule has 0 aliphatic carbocycles. The fourth-order valence-corrected chi connectivity index (χ4v) is 3.16. The van der Waals surface area contributed by atoms with Crippen molar-refractivity contribution in [2.24, 2.45) is 0 Å². The predicted molar refractivity (Wildman–Crippen MR) is 105 cm³/mol. The summed E-state index contributed by atoms with van der Waals surface area (Å²) in [6, 6.07) is 29.5. The van der Waals surface area contributed by atoms with Crippen LogP contribution in [0.15, 0.2) is 84.9 Å². The summed E-state index contributed by atoms with van der Waals surface area (Å²) in [6.07, 6.45) is 0. The van der Waals surface area contributed by atoms with Gasteiger partial charge in [0.25, 0.3) is 0 Å². The molecular weight excluding hydrogens is 393 g/mol. The van der Waals surface area contributed by atoms with E-state index in [0.717, 1.165) is 16.8 Å². The maximum absolute atomic E-state index is 4.86. The Morgan fingerprint density at radius 2 is 1.35 bits per heavy atom. The summed E-state index contributed by atoms with van der Waals surface area (Å²) in [4.78, 5) is 4.86. The zero-order valence-electron chi connectivity index (χ0n) is 12.4. The number of hydrogen-bond donors (Lipinski definition) is 0. The van der Waals surface area contributed by atoms with Gasteiger partial charge in [-0.15, -0.1) is 0 Å². The number of fused-ring (bicyclic) bond motifs is 1. The third-order valence-electron chi connectivity index (χ3n) is 3.94. The fraction of sp³-hybridized carbons (Fsp3) is 0. The van der Waals surface area contributed by atoms with Crippen LogP contribution in [0.2, 0.25) is 0 Å². The van der Waals surface area contributed by atoms with E-state index in [0.29, 0.717) is 0 Å². The maximum atomic E-state index is 4.86. The quantitative estimate of drug-likeness (QED) is 0.362. The van der Waals surface area contributed by atoms with Crippen molar-refractivity contribution in [1.29, 1.82) is 0 Å². The van der Waals surface area contributed by atoms with Crippen LogP contribution in [0.3, 0.4) is 0 Å². The molecule has 1 aromatic heterocycles. The molecule has 0 saturated carbocycles. The van der Waals surface area contributed by atoms with Gasteiger partial charge in [0.2, 0.25) is 0 Å². The van der Waals surface area contributed by atoms with E-state index in [2.05, 4.69) is 95.4 Å². The Bertz CT molecular complexity index is 960. The molecule has 110 valence electrons. The number of halogens is 1. The standard InChI is InChI=1S/C21H14IN/c22-17-12-10-16(11-13-17)21-14-19(15-6-2-1-3-7-15)18-8-4-5-9-20(18)23-21/h1-14H. The van der Waals surface area contributed by atoms with E-state index in [1.807, 2.05) is 12.1 Å². The van der Waals surface area contributed by atoms with Crippen LogP contribution >= 0.6 is 22.6 Å². The summed E-state index contributed by atoms with van der Waals surface area (Å²) in [6.45, 7) is 0. The molecule has 0 aliphatic rings. The molecule has 0 aliphatic heterocycles. The van der Waals surface area contributed by atoms with E-state index in [4.69, 9.17) is 4.98 Å². The second-order valence-electron chi connectivity index (χ2n) is 5.45. The van der Waals surface area contributed by atoms with E-state index < -0.39 is 0 Å². The third kappa shape index (κ3) is 2.86. The molecule has 0 amide bonds. The zero-order chi connectivity index (χ0) is 15.6. The first-order valence-electron chi connectivity index (χ1n) is 7.52. The molecule has 4 rings (SSSR count). The largest absolute Gasteiger partial charge is 0.248 e. The molecule has 0 unspecified atom stereocenters. The average molecular weight is 407 g/mol. The Labute approximate surface area is 149 Å². The minimum Gasteiger partial charge on any atom is -0.248 e. The second-order valence-corrected chi connectivity index (χ2v) is 6.69. The first kappa shape index (κ1) is 14.4. The van der Waals surface area contributed by atoms with Crippen LogP contribution in [-0.2, 0) is 0 Å². The van der Waals surface area contributed by atoms with Gasteiger partial charge in [-0.2, -0.15) is 0 Å². The molecule has 2 heteroatoms. The number of hydrogen-bond acceptors (Lipinski definition) is 1. The normalized spacial score (nSPS) is 10.8.